The van der Waals surface area contributed by atoms with E-state index in [1.165, 1.54) is 31.5 Å². The third kappa shape index (κ3) is 6.10. The van der Waals surface area contributed by atoms with Crippen LogP contribution in [0.15, 0.2) is 48.5 Å². The van der Waals surface area contributed by atoms with Crippen LogP contribution in [-0.4, -0.2) is 37.0 Å². The summed E-state index contributed by atoms with van der Waals surface area (Å²) in [5, 5.41) is 2.92. The molecule has 1 aliphatic rings. The fraction of sp³-hybridized carbons (Fsp3) is 0.435. The molecule has 0 unspecified atom stereocenters. The topological polar surface area (TPSA) is 41.6 Å². The first kappa shape index (κ1) is 19.4. The normalized spacial score (nSPS) is 17.5. The molecule has 4 heteroatoms. The number of benzene rings is 2. The van der Waals surface area contributed by atoms with Gasteiger partial charge in [0, 0.05) is 18.7 Å². The standard InChI is InChI=1S/C23H30N2O2/c1-18-5-3-7-22(15-18)27-14-12-24-23(26)21-10-8-20(9-11-21)17-25-13-4-6-19(2)16-25/h3,5,7-11,15,19H,4,6,12-14,16-17H2,1-2H3,(H,24,26)/t19-/m0/s1. The number of piperidine rings is 1. The summed E-state index contributed by atoms with van der Waals surface area (Å²) >= 11 is 0. The number of amides is 1. The van der Waals surface area contributed by atoms with Gasteiger partial charge in [-0.1, -0.05) is 31.2 Å². The Morgan fingerprint density at radius 3 is 2.78 bits per heavy atom. The SMILES string of the molecule is Cc1cccc(OCCNC(=O)c2ccc(CN3CCC[C@H](C)C3)cc2)c1. The Morgan fingerprint density at radius 2 is 2.04 bits per heavy atom. The van der Waals surface area contributed by atoms with Crippen molar-refractivity contribution >= 4 is 5.91 Å². The maximum Gasteiger partial charge on any atom is 0.251 e. The Kier molecular flexibility index (Phi) is 6.88. The summed E-state index contributed by atoms with van der Waals surface area (Å²) < 4.78 is 5.67. The predicted molar refractivity (Wildman–Crippen MR) is 109 cm³/mol. The van der Waals surface area contributed by atoms with Crippen LogP contribution in [0.2, 0.25) is 0 Å². The van der Waals surface area contributed by atoms with Crippen LogP contribution in [0.1, 0.15) is 41.3 Å². The molecule has 1 atom stereocenters. The fourth-order valence-electron chi connectivity index (χ4n) is 3.59. The minimum atomic E-state index is -0.0546. The van der Waals surface area contributed by atoms with Crippen LogP contribution in [0, 0.1) is 12.8 Å². The summed E-state index contributed by atoms with van der Waals surface area (Å²) in [5.41, 5.74) is 3.13. The minimum Gasteiger partial charge on any atom is -0.492 e. The van der Waals surface area contributed by atoms with Gasteiger partial charge in [-0.25, -0.2) is 0 Å². The van der Waals surface area contributed by atoms with Gasteiger partial charge < -0.3 is 10.1 Å². The Morgan fingerprint density at radius 1 is 1.22 bits per heavy atom. The second-order valence-corrected chi connectivity index (χ2v) is 7.60. The molecule has 0 spiro atoms. The summed E-state index contributed by atoms with van der Waals surface area (Å²) in [4.78, 5) is 14.8. The summed E-state index contributed by atoms with van der Waals surface area (Å²) in [7, 11) is 0. The van der Waals surface area contributed by atoms with E-state index in [2.05, 4.69) is 29.3 Å². The second-order valence-electron chi connectivity index (χ2n) is 7.60. The van der Waals surface area contributed by atoms with Crippen molar-refractivity contribution < 1.29 is 9.53 Å². The zero-order chi connectivity index (χ0) is 19.1. The molecule has 1 fully saturated rings. The zero-order valence-corrected chi connectivity index (χ0v) is 16.4. The van der Waals surface area contributed by atoms with E-state index >= 15 is 0 Å². The maximum absolute atomic E-state index is 12.3. The van der Waals surface area contributed by atoms with Gasteiger partial charge in [0.25, 0.3) is 5.91 Å². The van der Waals surface area contributed by atoms with Crippen LogP contribution in [0.25, 0.3) is 0 Å². The Bertz CT molecular complexity index is 742. The van der Waals surface area contributed by atoms with Crippen LogP contribution in [0.3, 0.4) is 0 Å². The number of aryl methyl sites for hydroxylation is 1. The number of carbonyl (C=O) groups excluding carboxylic acids is 1. The first-order valence-corrected chi connectivity index (χ1v) is 9.89. The molecule has 0 aliphatic carbocycles. The van der Waals surface area contributed by atoms with E-state index in [1.807, 2.05) is 43.3 Å². The van der Waals surface area contributed by atoms with Gasteiger partial charge in [-0.3, -0.25) is 9.69 Å². The number of hydrogen-bond donors (Lipinski definition) is 1. The van der Waals surface area contributed by atoms with E-state index in [1.54, 1.807) is 0 Å². The number of hydrogen-bond acceptors (Lipinski definition) is 3. The fourth-order valence-corrected chi connectivity index (χ4v) is 3.59. The predicted octanol–water partition coefficient (Wildman–Crippen LogP) is 4.04. The van der Waals surface area contributed by atoms with Crippen LogP contribution in [-0.2, 0) is 6.54 Å². The summed E-state index contributed by atoms with van der Waals surface area (Å²) in [6, 6.07) is 15.9. The van der Waals surface area contributed by atoms with Crippen molar-refractivity contribution in [1.29, 1.82) is 0 Å². The molecular weight excluding hydrogens is 336 g/mol. The average molecular weight is 367 g/mol. The third-order valence-corrected chi connectivity index (χ3v) is 5.01. The van der Waals surface area contributed by atoms with Crippen molar-refractivity contribution in [3.05, 3.63) is 65.2 Å². The Balaban J connectivity index is 1.42. The first-order valence-electron chi connectivity index (χ1n) is 9.89. The molecule has 3 rings (SSSR count). The largest absolute Gasteiger partial charge is 0.492 e. The van der Waals surface area contributed by atoms with Crippen LogP contribution < -0.4 is 10.1 Å². The molecule has 1 amide bonds. The highest BCUT2D eigenvalue weighted by molar-refractivity contribution is 5.94. The number of carbonyl (C=O) groups is 1. The third-order valence-electron chi connectivity index (χ3n) is 5.01. The van der Waals surface area contributed by atoms with Gasteiger partial charge in [0.15, 0.2) is 0 Å². The van der Waals surface area contributed by atoms with Gasteiger partial charge in [-0.05, 0) is 67.6 Å². The van der Waals surface area contributed by atoms with E-state index in [0.29, 0.717) is 18.7 Å². The van der Waals surface area contributed by atoms with Crippen LogP contribution in [0.4, 0.5) is 0 Å². The number of nitrogens with zero attached hydrogens (tertiary/aromatic N) is 1. The molecule has 2 aromatic carbocycles. The van der Waals surface area contributed by atoms with E-state index in [-0.39, 0.29) is 5.91 Å². The molecule has 4 nitrogen and oxygen atoms in total. The van der Waals surface area contributed by atoms with E-state index in [9.17, 15) is 4.79 Å². The van der Waals surface area contributed by atoms with Gasteiger partial charge >= 0.3 is 0 Å². The van der Waals surface area contributed by atoms with Crippen molar-refractivity contribution in [3.63, 3.8) is 0 Å². The molecule has 27 heavy (non-hydrogen) atoms. The monoisotopic (exact) mass is 366 g/mol. The molecule has 0 saturated carbocycles. The highest BCUT2D eigenvalue weighted by Gasteiger charge is 2.16. The molecule has 1 heterocycles. The average Bonchev–Trinajstić information content (AvgIpc) is 2.66. The lowest BCUT2D eigenvalue weighted by Crippen LogP contribution is -2.33. The highest BCUT2D eigenvalue weighted by atomic mass is 16.5. The quantitative estimate of drug-likeness (QED) is 0.752. The molecule has 2 aromatic rings. The summed E-state index contributed by atoms with van der Waals surface area (Å²) in [6.07, 6.45) is 2.62. The van der Waals surface area contributed by atoms with Crippen molar-refractivity contribution in [3.8, 4) is 5.75 Å². The molecule has 1 aliphatic heterocycles. The van der Waals surface area contributed by atoms with Crippen LogP contribution >= 0.6 is 0 Å². The second kappa shape index (κ2) is 9.56. The van der Waals surface area contributed by atoms with Crippen molar-refractivity contribution in [1.82, 2.24) is 10.2 Å². The lowest BCUT2D eigenvalue weighted by molar-refractivity contribution is 0.0947. The van der Waals surface area contributed by atoms with Crippen molar-refractivity contribution in [2.24, 2.45) is 5.92 Å². The molecule has 1 saturated heterocycles. The van der Waals surface area contributed by atoms with Gasteiger partial charge in [0.1, 0.15) is 12.4 Å². The zero-order valence-electron chi connectivity index (χ0n) is 16.4. The molecule has 1 N–H and O–H groups in total. The number of ether oxygens (including phenoxy) is 1. The molecule has 0 aromatic heterocycles. The first-order chi connectivity index (χ1) is 13.1. The van der Waals surface area contributed by atoms with E-state index < -0.39 is 0 Å². The van der Waals surface area contributed by atoms with Crippen molar-refractivity contribution in [2.75, 3.05) is 26.2 Å². The molecule has 0 bridgehead atoms. The molecular formula is C23H30N2O2. The lowest BCUT2D eigenvalue weighted by atomic mass is 9.99. The van der Waals surface area contributed by atoms with Gasteiger partial charge in [-0.15, -0.1) is 0 Å². The maximum atomic E-state index is 12.3. The van der Waals surface area contributed by atoms with Crippen molar-refractivity contribution in [2.45, 2.75) is 33.2 Å². The number of rotatable bonds is 7. The van der Waals surface area contributed by atoms with Crippen LogP contribution in [0.5, 0.6) is 5.75 Å². The minimum absolute atomic E-state index is 0.0546. The number of likely N-dealkylation sites (tertiary alicyclic amines) is 1. The van der Waals surface area contributed by atoms with E-state index in [4.69, 9.17) is 4.74 Å². The smallest absolute Gasteiger partial charge is 0.251 e. The Labute approximate surface area is 162 Å². The summed E-state index contributed by atoms with van der Waals surface area (Å²) in [5.74, 6) is 1.56. The van der Waals surface area contributed by atoms with Gasteiger partial charge in [0.05, 0.1) is 6.54 Å². The van der Waals surface area contributed by atoms with Gasteiger partial charge in [0.2, 0.25) is 0 Å². The highest BCUT2D eigenvalue weighted by Crippen LogP contribution is 2.18. The van der Waals surface area contributed by atoms with E-state index in [0.717, 1.165) is 23.8 Å². The lowest BCUT2D eigenvalue weighted by Gasteiger charge is -2.30. The molecule has 0 radical (unpaired) electrons. The van der Waals surface area contributed by atoms with Gasteiger partial charge in [-0.2, -0.15) is 0 Å². The summed E-state index contributed by atoms with van der Waals surface area (Å²) in [6.45, 7) is 8.61. The number of nitrogens with one attached hydrogen (secondary N) is 1. The molecule has 144 valence electrons. The Hall–Kier alpha value is -2.33.